The van der Waals surface area contributed by atoms with Crippen LogP contribution in [0, 0.1) is 10.1 Å². The zero-order chi connectivity index (χ0) is 13.1. The van der Waals surface area contributed by atoms with Crippen molar-refractivity contribution < 1.29 is 4.92 Å². The lowest BCUT2D eigenvalue weighted by Crippen LogP contribution is -1.95. The maximum Gasteiger partial charge on any atom is 0.320 e. The van der Waals surface area contributed by atoms with Crippen LogP contribution in [-0.4, -0.2) is 24.2 Å². The Kier molecular flexibility index (Phi) is 4.04. The number of hydrogen-bond donors (Lipinski definition) is 0. The Morgan fingerprint density at radius 1 is 1.56 bits per heavy atom. The first-order valence-corrected chi connectivity index (χ1v) is 6.74. The normalized spacial score (nSPS) is 10.6. The summed E-state index contributed by atoms with van der Waals surface area (Å²) in [6, 6.07) is 0. The van der Waals surface area contributed by atoms with Crippen LogP contribution >= 0.6 is 34.9 Å². The molecule has 0 aliphatic carbocycles. The molecule has 2 heterocycles. The largest absolute Gasteiger partial charge is 0.320 e. The van der Waals surface area contributed by atoms with E-state index in [1.807, 2.05) is 6.92 Å². The first kappa shape index (κ1) is 13.1. The van der Waals surface area contributed by atoms with Gasteiger partial charge in [0, 0.05) is 6.42 Å². The molecule has 0 fully saturated rings. The first-order chi connectivity index (χ1) is 8.60. The van der Waals surface area contributed by atoms with Gasteiger partial charge in [0.15, 0.2) is 9.37 Å². The second-order valence-electron chi connectivity index (χ2n) is 3.02. The van der Waals surface area contributed by atoms with E-state index >= 15 is 0 Å². The molecule has 0 unspecified atom stereocenters. The minimum Gasteiger partial charge on any atom is -0.258 e. The van der Waals surface area contributed by atoms with Gasteiger partial charge in [-0.15, -0.1) is 0 Å². The van der Waals surface area contributed by atoms with Gasteiger partial charge >= 0.3 is 5.69 Å². The van der Waals surface area contributed by atoms with E-state index in [4.69, 9.17) is 11.6 Å². The van der Waals surface area contributed by atoms with Crippen molar-refractivity contribution in [1.82, 2.24) is 19.3 Å². The average Bonchev–Trinajstić information content (AvgIpc) is 2.76. The maximum atomic E-state index is 10.8. The van der Waals surface area contributed by atoms with Crippen LogP contribution < -0.4 is 0 Å². The van der Waals surface area contributed by atoms with Gasteiger partial charge < -0.3 is 0 Å². The summed E-state index contributed by atoms with van der Waals surface area (Å²) in [4.78, 5) is 21.9. The van der Waals surface area contributed by atoms with E-state index in [1.165, 1.54) is 11.5 Å². The van der Waals surface area contributed by atoms with Crippen LogP contribution in [0.4, 0.5) is 5.69 Å². The highest BCUT2D eigenvalue weighted by molar-refractivity contribution is 8.01. The maximum absolute atomic E-state index is 10.8. The summed E-state index contributed by atoms with van der Waals surface area (Å²) in [7, 11) is 0. The molecule has 0 aliphatic rings. The summed E-state index contributed by atoms with van der Waals surface area (Å²) in [5.74, 6) is 0.699. The zero-order valence-corrected chi connectivity index (χ0v) is 11.4. The minimum absolute atomic E-state index is 0.0386. The molecular weight excluding hydrogens is 298 g/mol. The van der Waals surface area contributed by atoms with Crippen LogP contribution in [0.15, 0.2) is 15.6 Å². The number of nitro groups is 1. The lowest BCUT2D eigenvalue weighted by atomic mass is 10.5. The Labute approximate surface area is 115 Å². The summed E-state index contributed by atoms with van der Waals surface area (Å²) in [5, 5.41) is 10.9. The van der Waals surface area contributed by atoms with Gasteiger partial charge in [-0.25, -0.2) is 15.0 Å². The summed E-state index contributed by atoms with van der Waals surface area (Å²) >= 11 is 7.86. The Balaban J connectivity index is 2.32. The number of halogens is 1. The third-order valence-electron chi connectivity index (χ3n) is 1.85. The van der Waals surface area contributed by atoms with Crippen molar-refractivity contribution in [2.75, 3.05) is 0 Å². The molecule has 0 aliphatic heterocycles. The molecule has 0 radical (unpaired) electrons. The SMILES string of the molecule is CCc1nsc(Sc2nc(Cl)ncc2[N+](=O)[O-])n1. The highest BCUT2D eigenvalue weighted by Crippen LogP contribution is 2.34. The van der Waals surface area contributed by atoms with Crippen molar-refractivity contribution in [2.24, 2.45) is 0 Å². The molecule has 94 valence electrons. The molecule has 18 heavy (non-hydrogen) atoms. The fourth-order valence-corrected chi connectivity index (χ4v) is 2.91. The minimum atomic E-state index is -0.555. The predicted molar refractivity (Wildman–Crippen MR) is 67.1 cm³/mol. The van der Waals surface area contributed by atoms with Gasteiger partial charge in [-0.05, 0) is 34.9 Å². The molecular formula is C8H6ClN5O2S2. The molecule has 0 bridgehead atoms. The highest BCUT2D eigenvalue weighted by atomic mass is 35.5. The van der Waals surface area contributed by atoms with Gasteiger partial charge in [0.25, 0.3) is 0 Å². The smallest absolute Gasteiger partial charge is 0.258 e. The number of nitrogens with zero attached hydrogens (tertiary/aromatic N) is 5. The van der Waals surface area contributed by atoms with Crippen LogP contribution in [-0.2, 0) is 6.42 Å². The van der Waals surface area contributed by atoms with E-state index < -0.39 is 4.92 Å². The summed E-state index contributed by atoms with van der Waals surface area (Å²) in [6.07, 6.45) is 1.79. The van der Waals surface area contributed by atoms with Crippen LogP contribution in [0.3, 0.4) is 0 Å². The number of rotatable bonds is 4. The average molecular weight is 304 g/mol. The van der Waals surface area contributed by atoms with Gasteiger partial charge in [-0.1, -0.05) is 6.92 Å². The van der Waals surface area contributed by atoms with Crippen LogP contribution in [0.25, 0.3) is 0 Å². The Bertz CT molecular complexity index is 591. The van der Waals surface area contributed by atoms with E-state index in [0.29, 0.717) is 16.6 Å². The van der Waals surface area contributed by atoms with Gasteiger partial charge in [-0.3, -0.25) is 10.1 Å². The van der Waals surface area contributed by atoms with Crippen molar-refractivity contribution in [3.63, 3.8) is 0 Å². The fourth-order valence-electron chi connectivity index (χ4n) is 1.05. The van der Waals surface area contributed by atoms with Gasteiger partial charge in [-0.2, -0.15) is 4.37 Å². The molecule has 0 spiro atoms. The Morgan fingerprint density at radius 3 is 2.94 bits per heavy atom. The first-order valence-electron chi connectivity index (χ1n) is 4.77. The molecule has 0 aromatic carbocycles. The summed E-state index contributed by atoms with van der Waals surface area (Å²) in [6.45, 7) is 1.93. The van der Waals surface area contributed by atoms with Crippen LogP contribution in [0.2, 0.25) is 5.28 Å². The zero-order valence-electron chi connectivity index (χ0n) is 9.03. The van der Waals surface area contributed by atoms with E-state index in [0.717, 1.165) is 18.0 Å². The van der Waals surface area contributed by atoms with Crippen LogP contribution in [0.5, 0.6) is 0 Å². The Morgan fingerprint density at radius 2 is 2.33 bits per heavy atom. The topological polar surface area (TPSA) is 94.7 Å². The van der Waals surface area contributed by atoms with Crippen LogP contribution in [0.1, 0.15) is 12.7 Å². The standard InChI is InChI=1S/C8H6ClN5O2S2/c1-2-5-11-8(18-13-5)17-6-4(14(15)16)3-10-7(9)12-6/h3H,2H2,1H3. The second kappa shape index (κ2) is 5.55. The fraction of sp³-hybridized carbons (Fsp3) is 0.250. The second-order valence-corrected chi connectivity index (χ2v) is 5.34. The van der Waals surface area contributed by atoms with E-state index in [-0.39, 0.29) is 16.0 Å². The number of aryl methyl sites for hydroxylation is 1. The van der Waals surface area contributed by atoms with Crippen molar-refractivity contribution in [2.45, 2.75) is 22.7 Å². The molecule has 0 N–H and O–H groups in total. The third kappa shape index (κ3) is 2.92. The molecule has 0 saturated carbocycles. The van der Waals surface area contributed by atoms with Crippen molar-refractivity contribution in [3.05, 3.63) is 27.4 Å². The molecule has 2 aromatic heterocycles. The lowest BCUT2D eigenvalue weighted by molar-refractivity contribution is -0.388. The van der Waals surface area contributed by atoms with Gasteiger partial charge in [0.2, 0.25) is 5.28 Å². The van der Waals surface area contributed by atoms with Gasteiger partial charge in [0.1, 0.15) is 12.0 Å². The molecule has 0 atom stereocenters. The predicted octanol–water partition coefficient (Wildman–Crippen LogP) is 2.60. The molecule has 0 saturated heterocycles. The van der Waals surface area contributed by atoms with E-state index in [9.17, 15) is 10.1 Å². The van der Waals surface area contributed by atoms with Crippen molar-refractivity contribution >= 4 is 40.6 Å². The molecule has 2 aromatic rings. The molecule has 7 nitrogen and oxygen atoms in total. The summed E-state index contributed by atoms with van der Waals surface area (Å²) in [5.41, 5.74) is -0.197. The van der Waals surface area contributed by atoms with Gasteiger partial charge in [0.05, 0.1) is 4.92 Å². The molecule has 10 heteroatoms. The number of hydrogen-bond acceptors (Lipinski definition) is 8. The molecule has 0 amide bonds. The molecule has 2 rings (SSSR count). The quantitative estimate of drug-likeness (QED) is 0.371. The monoisotopic (exact) mass is 303 g/mol. The third-order valence-corrected chi connectivity index (χ3v) is 3.82. The van der Waals surface area contributed by atoms with Crippen molar-refractivity contribution in [3.8, 4) is 0 Å². The van der Waals surface area contributed by atoms with E-state index in [1.54, 1.807) is 0 Å². The Hall–Kier alpha value is -1.32. The number of aromatic nitrogens is 4. The van der Waals surface area contributed by atoms with Crippen molar-refractivity contribution in [1.29, 1.82) is 0 Å². The lowest BCUT2D eigenvalue weighted by Gasteiger charge is -1.98. The van der Waals surface area contributed by atoms with E-state index in [2.05, 4.69) is 19.3 Å². The summed E-state index contributed by atoms with van der Waals surface area (Å²) < 4.78 is 4.68. The highest BCUT2D eigenvalue weighted by Gasteiger charge is 2.19.